The van der Waals surface area contributed by atoms with Gasteiger partial charge < -0.3 is 19.7 Å². The Morgan fingerprint density at radius 3 is 2.53 bits per heavy atom. The minimum Gasteiger partial charge on any atom is -0.357 e. The van der Waals surface area contributed by atoms with Crippen molar-refractivity contribution in [3.63, 3.8) is 0 Å². The minimum atomic E-state index is -0.300. The fraction of sp³-hybridized carbons (Fsp3) is 0.525. The molecular formula is C40H50N8O3. The number of anilines is 1. The number of amides is 3. The minimum absolute atomic E-state index is 0.0806. The Morgan fingerprint density at radius 2 is 1.78 bits per heavy atom. The smallest absolute Gasteiger partial charge is 0.253 e. The van der Waals surface area contributed by atoms with E-state index in [-0.39, 0.29) is 29.7 Å². The van der Waals surface area contributed by atoms with Crippen molar-refractivity contribution >= 4 is 34.4 Å². The fourth-order valence-electron chi connectivity index (χ4n) is 8.83. The van der Waals surface area contributed by atoms with Crippen molar-refractivity contribution in [2.45, 2.75) is 83.6 Å². The second-order valence-electron chi connectivity index (χ2n) is 16.2. The highest BCUT2D eigenvalue weighted by atomic mass is 16.2. The summed E-state index contributed by atoms with van der Waals surface area (Å²) in [6.07, 6.45) is 10.1. The summed E-state index contributed by atoms with van der Waals surface area (Å²) < 4.78 is 0. The number of nitrogens with zero attached hydrogens (tertiary/aromatic N) is 5. The van der Waals surface area contributed by atoms with Crippen molar-refractivity contribution in [3.8, 4) is 11.4 Å². The van der Waals surface area contributed by atoms with Crippen molar-refractivity contribution in [3.05, 3.63) is 65.0 Å². The number of nitrogens with one attached hydrogen (secondary N) is 3. The quantitative estimate of drug-likeness (QED) is 0.220. The molecule has 3 saturated heterocycles. The second-order valence-corrected chi connectivity index (χ2v) is 16.2. The summed E-state index contributed by atoms with van der Waals surface area (Å²) in [5.41, 5.74) is 7.45. The zero-order valence-electron chi connectivity index (χ0n) is 30.1. The molecule has 1 unspecified atom stereocenters. The van der Waals surface area contributed by atoms with Crippen molar-refractivity contribution in [1.29, 1.82) is 0 Å². The first kappa shape index (κ1) is 33.6. The van der Waals surface area contributed by atoms with Gasteiger partial charge in [-0.2, -0.15) is 5.10 Å². The molecule has 51 heavy (non-hydrogen) atoms. The molecule has 268 valence electrons. The largest absolute Gasteiger partial charge is 0.357 e. The van der Waals surface area contributed by atoms with Crippen LogP contribution in [0.3, 0.4) is 0 Å². The number of piperidine rings is 3. The Kier molecular flexibility index (Phi) is 8.94. The van der Waals surface area contributed by atoms with E-state index >= 15 is 0 Å². The van der Waals surface area contributed by atoms with Gasteiger partial charge in [0, 0.05) is 86.2 Å². The molecule has 1 aromatic carbocycles. The normalized spacial score (nSPS) is 21.9. The van der Waals surface area contributed by atoms with Crippen molar-refractivity contribution in [2.24, 2.45) is 11.3 Å². The molecule has 1 aliphatic carbocycles. The first-order chi connectivity index (χ1) is 24.6. The molecule has 0 radical (unpaired) electrons. The Hall–Kier alpha value is -4.51. The lowest BCUT2D eigenvalue weighted by Gasteiger charge is -2.40. The third-order valence-electron chi connectivity index (χ3n) is 12.1. The lowest BCUT2D eigenvalue weighted by molar-refractivity contribution is -0.134. The van der Waals surface area contributed by atoms with Crippen molar-refractivity contribution in [1.82, 2.24) is 35.3 Å². The van der Waals surface area contributed by atoms with Gasteiger partial charge in [-0.05, 0) is 92.5 Å². The average molecular weight is 691 g/mol. The van der Waals surface area contributed by atoms with E-state index < -0.39 is 0 Å². The van der Waals surface area contributed by atoms with Crippen molar-refractivity contribution in [2.75, 3.05) is 44.7 Å². The molecule has 3 N–H and O–H groups in total. The summed E-state index contributed by atoms with van der Waals surface area (Å²) in [6, 6.07) is 12.4. The van der Waals surface area contributed by atoms with E-state index in [1.165, 1.54) is 11.3 Å². The van der Waals surface area contributed by atoms with Crippen LogP contribution in [0.4, 0.5) is 5.82 Å². The van der Waals surface area contributed by atoms with E-state index in [9.17, 15) is 14.4 Å². The molecule has 4 aliphatic rings. The maximum atomic E-state index is 13.7. The Bertz CT molecular complexity index is 1930. The molecule has 6 heterocycles. The SMILES string of the molecule is CN(C(=O)c1ccc2cc(-c3n[nH]c4c3CCC(C)(C)C4)[nH]c2c1)C1CCN(CC2CCN(c3ccc(C4CCC(=O)NC4=O)cn3)CC2)CC1. The Morgan fingerprint density at radius 1 is 0.980 bits per heavy atom. The standard InChI is InChI=1S/C40H50N8O3/c1-40(2)15-10-31-34(22-40)44-45-37(31)33-20-26-4-5-27(21-32(26)42-33)39(51)46(3)29-13-16-47(17-14-29)24-25-11-18-48(19-12-25)35-8-6-28(23-41-35)30-7-9-36(49)43-38(30)50/h4-6,8,20-21,23,25,29-30,42H,7,9-19,22,24H2,1-3H3,(H,44,45)(H,43,49,50). The van der Waals surface area contributed by atoms with Gasteiger partial charge in [-0.15, -0.1) is 0 Å². The van der Waals surface area contributed by atoms with E-state index in [2.05, 4.69) is 56.2 Å². The van der Waals surface area contributed by atoms with E-state index in [4.69, 9.17) is 5.10 Å². The van der Waals surface area contributed by atoms with Crippen LogP contribution < -0.4 is 10.2 Å². The van der Waals surface area contributed by atoms with E-state index in [0.717, 1.165) is 117 Å². The Labute approximate surface area is 299 Å². The molecule has 0 bridgehead atoms. The van der Waals surface area contributed by atoms with Crippen LogP contribution in [0.1, 0.15) is 91.9 Å². The molecular weight excluding hydrogens is 640 g/mol. The van der Waals surface area contributed by atoms with Gasteiger partial charge in [0.2, 0.25) is 11.8 Å². The van der Waals surface area contributed by atoms with Crippen LogP contribution in [0, 0.1) is 11.3 Å². The molecule has 3 aromatic heterocycles. The highest BCUT2D eigenvalue weighted by molar-refractivity contribution is 6.01. The lowest BCUT2D eigenvalue weighted by atomic mass is 9.76. The number of H-pyrrole nitrogens is 2. The highest BCUT2D eigenvalue weighted by Crippen LogP contribution is 2.38. The molecule has 3 fully saturated rings. The first-order valence-corrected chi connectivity index (χ1v) is 18.8. The van der Waals surface area contributed by atoms with Gasteiger partial charge in [0.25, 0.3) is 5.91 Å². The van der Waals surface area contributed by atoms with Crippen LogP contribution >= 0.6 is 0 Å². The third kappa shape index (κ3) is 6.92. The van der Waals surface area contributed by atoms with Crippen molar-refractivity contribution < 1.29 is 14.4 Å². The third-order valence-corrected chi connectivity index (χ3v) is 12.1. The van der Waals surface area contributed by atoms with Crippen LogP contribution in [-0.4, -0.2) is 93.5 Å². The average Bonchev–Trinajstić information content (AvgIpc) is 3.74. The topological polar surface area (TPSA) is 130 Å². The van der Waals surface area contributed by atoms with Crippen LogP contribution in [0.15, 0.2) is 42.6 Å². The number of pyridine rings is 1. The maximum Gasteiger partial charge on any atom is 0.253 e. The van der Waals surface area contributed by atoms with Crippen LogP contribution in [0.5, 0.6) is 0 Å². The molecule has 4 aromatic rings. The molecule has 3 amide bonds. The zero-order chi connectivity index (χ0) is 35.3. The van der Waals surface area contributed by atoms with Gasteiger partial charge >= 0.3 is 0 Å². The van der Waals surface area contributed by atoms with Gasteiger partial charge in [-0.1, -0.05) is 26.0 Å². The molecule has 1 atom stereocenters. The molecule has 0 spiro atoms. The van der Waals surface area contributed by atoms with E-state index in [1.807, 2.05) is 36.2 Å². The number of aromatic nitrogens is 4. The highest BCUT2D eigenvalue weighted by Gasteiger charge is 2.32. The van der Waals surface area contributed by atoms with Crippen LogP contribution in [-0.2, 0) is 22.4 Å². The number of carbonyl (C=O) groups excluding carboxylic acids is 3. The second kappa shape index (κ2) is 13.6. The van der Waals surface area contributed by atoms with Gasteiger partial charge in [-0.25, -0.2) is 4.98 Å². The van der Waals surface area contributed by atoms with Gasteiger partial charge in [0.05, 0.1) is 11.6 Å². The number of hydrogen-bond donors (Lipinski definition) is 3. The summed E-state index contributed by atoms with van der Waals surface area (Å²) in [7, 11) is 1.96. The number of imide groups is 1. The predicted molar refractivity (Wildman–Crippen MR) is 198 cm³/mol. The summed E-state index contributed by atoms with van der Waals surface area (Å²) in [4.78, 5) is 52.6. The maximum absolute atomic E-state index is 13.7. The van der Waals surface area contributed by atoms with Gasteiger partial charge in [-0.3, -0.25) is 24.8 Å². The molecule has 0 saturated carbocycles. The van der Waals surface area contributed by atoms with Gasteiger partial charge in [0.15, 0.2) is 0 Å². The first-order valence-electron chi connectivity index (χ1n) is 18.8. The summed E-state index contributed by atoms with van der Waals surface area (Å²) in [5.74, 6) is 0.967. The number of carbonyl (C=O) groups is 3. The molecule has 8 rings (SSSR count). The number of fused-ring (bicyclic) bond motifs is 2. The summed E-state index contributed by atoms with van der Waals surface area (Å²) in [6.45, 7) is 9.70. The number of aromatic amines is 2. The number of benzene rings is 1. The fourth-order valence-corrected chi connectivity index (χ4v) is 8.83. The monoisotopic (exact) mass is 690 g/mol. The van der Waals surface area contributed by atoms with Crippen LogP contribution in [0.25, 0.3) is 22.3 Å². The van der Waals surface area contributed by atoms with Crippen LogP contribution in [0.2, 0.25) is 0 Å². The number of rotatable bonds is 7. The lowest BCUT2D eigenvalue weighted by Crippen LogP contribution is -2.47. The van der Waals surface area contributed by atoms with E-state index in [0.29, 0.717) is 24.2 Å². The number of likely N-dealkylation sites (tertiary alicyclic amines) is 1. The van der Waals surface area contributed by atoms with E-state index in [1.54, 1.807) is 6.20 Å². The Balaban J connectivity index is 0.812. The predicted octanol–water partition coefficient (Wildman–Crippen LogP) is 5.44. The molecule has 11 heteroatoms. The number of hydrogen-bond acceptors (Lipinski definition) is 7. The zero-order valence-corrected chi connectivity index (χ0v) is 30.1. The summed E-state index contributed by atoms with van der Waals surface area (Å²) >= 11 is 0. The van der Waals surface area contributed by atoms with Gasteiger partial charge in [0.1, 0.15) is 11.5 Å². The molecule has 11 nitrogen and oxygen atoms in total. The molecule has 3 aliphatic heterocycles. The summed E-state index contributed by atoms with van der Waals surface area (Å²) in [5, 5.41) is 11.5.